The SMILES string of the molecule is CCCCO[NH+](C(C)C)C(C)C. The van der Waals surface area contributed by atoms with Crippen molar-refractivity contribution in [3.63, 3.8) is 0 Å². The Bertz CT molecular complexity index is 94.0. The summed E-state index contributed by atoms with van der Waals surface area (Å²) in [4.78, 5) is 5.72. The highest BCUT2D eigenvalue weighted by Crippen LogP contribution is 1.85. The topological polar surface area (TPSA) is 13.7 Å². The van der Waals surface area contributed by atoms with Crippen LogP contribution < -0.4 is 5.06 Å². The Balaban J connectivity index is 3.64. The summed E-state index contributed by atoms with van der Waals surface area (Å²) in [6, 6.07) is 1.11. The Morgan fingerprint density at radius 1 is 1.08 bits per heavy atom. The van der Waals surface area contributed by atoms with Crippen LogP contribution in [0.1, 0.15) is 47.5 Å². The van der Waals surface area contributed by atoms with E-state index in [0.717, 1.165) is 6.61 Å². The number of unbranched alkanes of at least 4 members (excludes halogenated alkanes) is 1. The van der Waals surface area contributed by atoms with Crippen LogP contribution in [-0.2, 0) is 4.84 Å². The molecule has 0 aliphatic heterocycles. The monoisotopic (exact) mass is 174 g/mol. The second-order valence-corrected chi connectivity index (χ2v) is 3.91. The molecule has 0 aromatic heterocycles. The number of rotatable bonds is 6. The van der Waals surface area contributed by atoms with Gasteiger partial charge in [0.2, 0.25) is 0 Å². The fourth-order valence-corrected chi connectivity index (χ4v) is 1.33. The van der Waals surface area contributed by atoms with E-state index in [0.29, 0.717) is 12.1 Å². The third-order valence-corrected chi connectivity index (χ3v) is 1.90. The first-order chi connectivity index (χ1) is 5.59. The van der Waals surface area contributed by atoms with E-state index >= 15 is 0 Å². The Morgan fingerprint density at radius 2 is 1.58 bits per heavy atom. The molecule has 0 aliphatic carbocycles. The Kier molecular flexibility index (Phi) is 6.39. The Hall–Kier alpha value is -0.0800. The number of hydrogen-bond acceptors (Lipinski definition) is 1. The lowest BCUT2D eigenvalue weighted by Gasteiger charge is -2.24. The average molecular weight is 174 g/mol. The molecule has 0 aromatic rings. The van der Waals surface area contributed by atoms with Crippen molar-refractivity contribution >= 4 is 0 Å². The van der Waals surface area contributed by atoms with E-state index in [1.165, 1.54) is 17.9 Å². The van der Waals surface area contributed by atoms with Crippen molar-refractivity contribution in [1.29, 1.82) is 0 Å². The van der Waals surface area contributed by atoms with E-state index in [2.05, 4.69) is 34.6 Å². The maximum absolute atomic E-state index is 5.72. The van der Waals surface area contributed by atoms with Gasteiger partial charge in [0.05, 0.1) is 0 Å². The maximum Gasteiger partial charge on any atom is 0.112 e. The molecule has 0 fully saturated rings. The van der Waals surface area contributed by atoms with Crippen LogP contribution in [0.25, 0.3) is 0 Å². The Morgan fingerprint density at radius 3 is 1.92 bits per heavy atom. The zero-order valence-electron chi connectivity index (χ0n) is 9.18. The molecular weight excluding hydrogens is 150 g/mol. The molecular formula is C10H24NO+. The number of hydroxylamine groups is 2. The summed E-state index contributed by atoms with van der Waals surface area (Å²) in [6.45, 7) is 11.9. The zero-order valence-corrected chi connectivity index (χ0v) is 9.18. The number of quaternary nitrogens is 1. The minimum Gasteiger partial charge on any atom is -0.204 e. The molecule has 0 aromatic carbocycles. The molecule has 0 bridgehead atoms. The molecule has 0 radical (unpaired) electrons. The first-order valence-electron chi connectivity index (χ1n) is 5.09. The standard InChI is InChI=1S/C10H23NO/c1-6-7-8-12-11(9(2)3)10(4)5/h9-10H,6-8H2,1-5H3/p+1. The highest BCUT2D eigenvalue weighted by molar-refractivity contribution is 4.35. The van der Waals surface area contributed by atoms with Gasteiger partial charge in [-0.2, -0.15) is 5.06 Å². The molecule has 0 spiro atoms. The van der Waals surface area contributed by atoms with Crippen LogP contribution >= 0.6 is 0 Å². The third-order valence-electron chi connectivity index (χ3n) is 1.90. The van der Waals surface area contributed by atoms with E-state index < -0.39 is 0 Å². The molecule has 74 valence electrons. The molecule has 0 heterocycles. The van der Waals surface area contributed by atoms with Gasteiger partial charge in [-0.15, -0.1) is 0 Å². The minimum absolute atomic E-state index is 0.557. The second kappa shape index (κ2) is 6.44. The third kappa shape index (κ3) is 4.73. The molecule has 0 saturated heterocycles. The highest BCUT2D eigenvalue weighted by Gasteiger charge is 2.17. The van der Waals surface area contributed by atoms with Crippen LogP contribution in [0.4, 0.5) is 0 Å². The average Bonchev–Trinajstić information content (AvgIpc) is 1.96. The summed E-state index contributed by atoms with van der Waals surface area (Å²) in [5.74, 6) is 0. The summed E-state index contributed by atoms with van der Waals surface area (Å²) in [5.41, 5.74) is 0. The van der Waals surface area contributed by atoms with Crippen molar-refractivity contribution < 1.29 is 9.90 Å². The molecule has 1 N–H and O–H groups in total. The van der Waals surface area contributed by atoms with Crippen LogP contribution in [0, 0.1) is 0 Å². The lowest BCUT2D eigenvalue weighted by molar-refractivity contribution is -1.12. The molecule has 2 heteroatoms. The molecule has 0 rings (SSSR count). The van der Waals surface area contributed by atoms with Crippen molar-refractivity contribution in [3.05, 3.63) is 0 Å². The fraction of sp³-hybridized carbons (Fsp3) is 1.00. The maximum atomic E-state index is 5.72. The van der Waals surface area contributed by atoms with Crippen molar-refractivity contribution in [3.8, 4) is 0 Å². The lowest BCUT2D eigenvalue weighted by Crippen LogP contribution is -3.17. The molecule has 0 amide bonds. The predicted molar refractivity (Wildman–Crippen MR) is 52.1 cm³/mol. The molecule has 12 heavy (non-hydrogen) atoms. The van der Waals surface area contributed by atoms with Crippen molar-refractivity contribution in [2.75, 3.05) is 6.61 Å². The first kappa shape index (κ1) is 11.9. The summed E-state index contributed by atoms with van der Waals surface area (Å²) in [6.07, 6.45) is 2.38. The van der Waals surface area contributed by atoms with Gasteiger partial charge in [0.15, 0.2) is 0 Å². The highest BCUT2D eigenvalue weighted by atomic mass is 16.7. The summed E-state index contributed by atoms with van der Waals surface area (Å²) >= 11 is 0. The molecule has 0 unspecified atom stereocenters. The van der Waals surface area contributed by atoms with Crippen LogP contribution in [0.2, 0.25) is 0 Å². The molecule has 0 saturated carbocycles. The van der Waals surface area contributed by atoms with Crippen molar-refractivity contribution in [1.82, 2.24) is 0 Å². The minimum atomic E-state index is 0.557. The van der Waals surface area contributed by atoms with E-state index in [1.807, 2.05) is 0 Å². The van der Waals surface area contributed by atoms with E-state index in [1.54, 1.807) is 0 Å². The quantitative estimate of drug-likeness (QED) is 0.475. The molecule has 0 atom stereocenters. The summed E-state index contributed by atoms with van der Waals surface area (Å²) < 4.78 is 0. The van der Waals surface area contributed by atoms with Crippen LogP contribution in [0.5, 0.6) is 0 Å². The Labute approximate surface area is 76.9 Å². The lowest BCUT2D eigenvalue weighted by atomic mass is 10.3. The van der Waals surface area contributed by atoms with E-state index in [-0.39, 0.29) is 0 Å². The first-order valence-corrected chi connectivity index (χ1v) is 5.09. The van der Waals surface area contributed by atoms with Gasteiger partial charge in [0.1, 0.15) is 18.7 Å². The van der Waals surface area contributed by atoms with Crippen molar-refractivity contribution in [2.24, 2.45) is 0 Å². The van der Waals surface area contributed by atoms with Crippen LogP contribution in [0.15, 0.2) is 0 Å². The van der Waals surface area contributed by atoms with Gasteiger partial charge >= 0.3 is 0 Å². The molecule has 2 nitrogen and oxygen atoms in total. The van der Waals surface area contributed by atoms with Gasteiger partial charge in [-0.25, -0.2) is 4.84 Å². The van der Waals surface area contributed by atoms with Gasteiger partial charge < -0.3 is 0 Å². The second-order valence-electron chi connectivity index (χ2n) is 3.91. The summed E-state index contributed by atoms with van der Waals surface area (Å²) in [7, 11) is 0. The van der Waals surface area contributed by atoms with Crippen molar-refractivity contribution in [2.45, 2.75) is 59.5 Å². The van der Waals surface area contributed by atoms with Crippen LogP contribution in [0.3, 0.4) is 0 Å². The van der Waals surface area contributed by atoms with E-state index in [4.69, 9.17) is 4.84 Å². The summed E-state index contributed by atoms with van der Waals surface area (Å²) in [5, 5.41) is 1.25. The fourth-order valence-electron chi connectivity index (χ4n) is 1.33. The molecule has 0 aliphatic rings. The van der Waals surface area contributed by atoms with Gasteiger partial charge in [-0.1, -0.05) is 13.3 Å². The number of hydrogen-bond donors (Lipinski definition) is 1. The van der Waals surface area contributed by atoms with E-state index in [9.17, 15) is 0 Å². The zero-order chi connectivity index (χ0) is 9.56. The van der Waals surface area contributed by atoms with Crippen LogP contribution in [-0.4, -0.2) is 18.7 Å². The van der Waals surface area contributed by atoms with Gasteiger partial charge in [0.25, 0.3) is 0 Å². The predicted octanol–water partition coefficient (Wildman–Crippen LogP) is 1.42. The smallest absolute Gasteiger partial charge is 0.112 e. The normalized spacial score (nSPS) is 12.0. The van der Waals surface area contributed by atoms with Gasteiger partial charge in [-0.3, -0.25) is 0 Å². The largest absolute Gasteiger partial charge is 0.204 e. The van der Waals surface area contributed by atoms with Gasteiger partial charge in [0, 0.05) is 0 Å². The van der Waals surface area contributed by atoms with Gasteiger partial charge in [-0.05, 0) is 34.1 Å². The number of nitrogens with one attached hydrogen (secondary N) is 1.